The van der Waals surface area contributed by atoms with Crippen molar-refractivity contribution in [3.63, 3.8) is 0 Å². The standard InChI is InChI=1S/C22H32N4O2/c1-14(2)12-20(28)25-11-5-4-6-18(25)21-23-15(3)17-9-10-19(27)26(22(17)24-21)13-16-7-8-16/h14,16,18H,4-13H2,1-3H3. The van der Waals surface area contributed by atoms with Gasteiger partial charge < -0.3 is 4.90 Å². The molecule has 0 aromatic carbocycles. The first kappa shape index (κ1) is 19.3. The topological polar surface area (TPSA) is 66.4 Å². The molecule has 1 aliphatic carbocycles. The van der Waals surface area contributed by atoms with Gasteiger partial charge in [0.1, 0.15) is 5.82 Å². The number of hydrogen-bond donors (Lipinski definition) is 0. The third-order valence-corrected chi connectivity index (χ3v) is 6.20. The number of hydrogen-bond acceptors (Lipinski definition) is 4. The molecule has 1 atom stereocenters. The number of likely N-dealkylation sites (tertiary alicyclic amines) is 1. The summed E-state index contributed by atoms with van der Waals surface area (Å²) < 4.78 is 0. The van der Waals surface area contributed by atoms with Gasteiger partial charge in [-0.25, -0.2) is 9.97 Å². The van der Waals surface area contributed by atoms with E-state index in [1.165, 1.54) is 12.8 Å². The van der Waals surface area contributed by atoms with Crippen molar-refractivity contribution in [3.8, 4) is 0 Å². The molecule has 1 unspecified atom stereocenters. The van der Waals surface area contributed by atoms with Crippen LogP contribution in [-0.4, -0.2) is 39.8 Å². The second-order valence-electron chi connectivity index (χ2n) is 9.11. The second-order valence-corrected chi connectivity index (χ2v) is 9.11. The van der Waals surface area contributed by atoms with Crippen molar-refractivity contribution in [1.29, 1.82) is 0 Å². The second kappa shape index (κ2) is 7.80. The highest BCUT2D eigenvalue weighted by atomic mass is 16.2. The average Bonchev–Trinajstić information content (AvgIpc) is 3.47. The Morgan fingerprint density at radius 2 is 1.93 bits per heavy atom. The molecule has 0 bridgehead atoms. The summed E-state index contributed by atoms with van der Waals surface area (Å²) in [5, 5.41) is 0. The van der Waals surface area contributed by atoms with Gasteiger partial charge in [-0.3, -0.25) is 14.5 Å². The maximum absolute atomic E-state index is 12.8. The summed E-state index contributed by atoms with van der Waals surface area (Å²) in [6.45, 7) is 7.75. The van der Waals surface area contributed by atoms with E-state index in [0.29, 0.717) is 24.7 Å². The highest BCUT2D eigenvalue weighted by Gasteiger charge is 2.35. The fraction of sp³-hybridized carbons (Fsp3) is 0.727. The van der Waals surface area contributed by atoms with E-state index in [4.69, 9.17) is 9.97 Å². The lowest BCUT2D eigenvalue weighted by molar-refractivity contribution is -0.136. The van der Waals surface area contributed by atoms with Gasteiger partial charge in [-0.1, -0.05) is 13.8 Å². The maximum Gasteiger partial charge on any atom is 0.228 e. The van der Waals surface area contributed by atoms with Gasteiger partial charge in [0.15, 0.2) is 5.82 Å². The van der Waals surface area contributed by atoms with Crippen molar-refractivity contribution in [2.24, 2.45) is 11.8 Å². The van der Waals surface area contributed by atoms with E-state index in [1.54, 1.807) is 0 Å². The summed E-state index contributed by atoms with van der Waals surface area (Å²) in [6.07, 6.45) is 7.27. The predicted molar refractivity (Wildman–Crippen MR) is 108 cm³/mol. The zero-order valence-electron chi connectivity index (χ0n) is 17.4. The van der Waals surface area contributed by atoms with Crippen molar-refractivity contribution in [3.05, 3.63) is 17.1 Å². The number of fused-ring (bicyclic) bond motifs is 1. The Kier molecular flexibility index (Phi) is 5.39. The van der Waals surface area contributed by atoms with Crippen LogP contribution in [0.4, 0.5) is 5.82 Å². The Balaban J connectivity index is 1.67. The molecule has 6 nitrogen and oxygen atoms in total. The molecule has 1 aromatic heterocycles. The molecule has 1 saturated carbocycles. The van der Waals surface area contributed by atoms with Gasteiger partial charge >= 0.3 is 0 Å². The normalized spacial score (nSPS) is 22.6. The molecule has 0 N–H and O–H groups in total. The van der Waals surface area contributed by atoms with E-state index >= 15 is 0 Å². The Labute approximate surface area is 167 Å². The maximum atomic E-state index is 12.8. The molecule has 0 spiro atoms. The smallest absolute Gasteiger partial charge is 0.228 e. The number of amides is 2. The number of nitrogens with zero attached hydrogens (tertiary/aromatic N) is 4. The summed E-state index contributed by atoms with van der Waals surface area (Å²) in [5.74, 6) is 2.88. The van der Waals surface area contributed by atoms with Crippen LogP contribution in [0.3, 0.4) is 0 Å². The molecule has 28 heavy (non-hydrogen) atoms. The summed E-state index contributed by atoms with van der Waals surface area (Å²) in [4.78, 5) is 39.1. The number of carbonyl (C=O) groups is 2. The van der Waals surface area contributed by atoms with Crippen molar-refractivity contribution in [2.45, 2.75) is 78.2 Å². The first-order valence-corrected chi connectivity index (χ1v) is 10.9. The molecule has 3 heterocycles. The van der Waals surface area contributed by atoms with Gasteiger partial charge in [0.25, 0.3) is 0 Å². The minimum atomic E-state index is -0.0659. The first-order chi connectivity index (χ1) is 13.4. The van der Waals surface area contributed by atoms with E-state index in [9.17, 15) is 9.59 Å². The Morgan fingerprint density at radius 1 is 1.14 bits per heavy atom. The van der Waals surface area contributed by atoms with Gasteiger partial charge in [-0.15, -0.1) is 0 Å². The SMILES string of the molecule is Cc1nc(C2CCCCN2C(=O)CC(C)C)nc2c1CCC(=O)N2CC1CC1. The summed E-state index contributed by atoms with van der Waals surface area (Å²) >= 11 is 0. The van der Waals surface area contributed by atoms with E-state index in [-0.39, 0.29) is 17.9 Å². The number of rotatable bonds is 5. The van der Waals surface area contributed by atoms with Gasteiger partial charge in [0.05, 0.1) is 6.04 Å². The summed E-state index contributed by atoms with van der Waals surface area (Å²) in [5.41, 5.74) is 2.08. The van der Waals surface area contributed by atoms with E-state index in [2.05, 4.69) is 13.8 Å². The Bertz CT molecular complexity index is 772. The van der Waals surface area contributed by atoms with Gasteiger partial charge in [0.2, 0.25) is 11.8 Å². The molecular weight excluding hydrogens is 352 g/mol. The van der Waals surface area contributed by atoms with Crippen LogP contribution in [0, 0.1) is 18.8 Å². The molecule has 4 rings (SSSR count). The Hall–Kier alpha value is -1.98. The van der Waals surface area contributed by atoms with Crippen LogP contribution in [0.25, 0.3) is 0 Å². The number of carbonyl (C=O) groups excluding carboxylic acids is 2. The number of piperidine rings is 1. The number of aryl methyl sites for hydroxylation is 1. The monoisotopic (exact) mass is 384 g/mol. The molecule has 0 radical (unpaired) electrons. The fourth-order valence-electron chi connectivity index (χ4n) is 4.46. The average molecular weight is 385 g/mol. The highest BCUT2D eigenvalue weighted by molar-refractivity contribution is 5.95. The molecule has 6 heteroatoms. The van der Waals surface area contributed by atoms with E-state index < -0.39 is 0 Å². The quantitative estimate of drug-likeness (QED) is 0.778. The van der Waals surface area contributed by atoms with Crippen LogP contribution in [0.2, 0.25) is 0 Å². The van der Waals surface area contributed by atoms with Crippen molar-refractivity contribution >= 4 is 17.6 Å². The third kappa shape index (κ3) is 3.91. The van der Waals surface area contributed by atoms with Gasteiger partial charge in [0, 0.05) is 37.2 Å². The zero-order valence-corrected chi connectivity index (χ0v) is 17.4. The van der Waals surface area contributed by atoms with Crippen LogP contribution in [0.1, 0.15) is 81.9 Å². The fourth-order valence-corrected chi connectivity index (χ4v) is 4.46. The van der Waals surface area contributed by atoms with Crippen LogP contribution in [0.5, 0.6) is 0 Å². The lowest BCUT2D eigenvalue weighted by Crippen LogP contribution is -2.41. The first-order valence-electron chi connectivity index (χ1n) is 10.9. The van der Waals surface area contributed by atoms with Crippen molar-refractivity contribution in [2.75, 3.05) is 18.0 Å². The summed E-state index contributed by atoms with van der Waals surface area (Å²) in [6, 6.07) is -0.0659. The van der Waals surface area contributed by atoms with Crippen LogP contribution in [-0.2, 0) is 16.0 Å². The molecule has 152 valence electrons. The van der Waals surface area contributed by atoms with Crippen LogP contribution >= 0.6 is 0 Å². The zero-order chi connectivity index (χ0) is 19.8. The largest absolute Gasteiger partial charge is 0.332 e. The Morgan fingerprint density at radius 3 is 2.64 bits per heavy atom. The molecule has 1 saturated heterocycles. The number of aromatic nitrogens is 2. The molecular formula is C22H32N4O2. The minimum Gasteiger partial charge on any atom is -0.332 e. The van der Waals surface area contributed by atoms with Gasteiger partial charge in [-0.05, 0) is 57.3 Å². The highest BCUT2D eigenvalue weighted by Crippen LogP contribution is 2.37. The molecule has 2 fully saturated rings. The molecule has 2 aliphatic heterocycles. The van der Waals surface area contributed by atoms with E-state index in [0.717, 1.165) is 61.7 Å². The van der Waals surface area contributed by atoms with E-state index in [1.807, 2.05) is 16.7 Å². The lowest BCUT2D eigenvalue weighted by Gasteiger charge is -2.36. The predicted octanol–water partition coefficient (Wildman–Crippen LogP) is 3.57. The van der Waals surface area contributed by atoms with Crippen LogP contribution in [0.15, 0.2) is 0 Å². The molecule has 2 amide bonds. The minimum absolute atomic E-state index is 0.0659. The lowest BCUT2D eigenvalue weighted by atomic mass is 9.98. The van der Waals surface area contributed by atoms with Crippen molar-refractivity contribution < 1.29 is 9.59 Å². The van der Waals surface area contributed by atoms with Gasteiger partial charge in [-0.2, -0.15) is 0 Å². The van der Waals surface area contributed by atoms with Crippen molar-refractivity contribution in [1.82, 2.24) is 14.9 Å². The number of anilines is 1. The molecule has 1 aromatic rings. The van der Waals surface area contributed by atoms with Crippen LogP contribution < -0.4 is 4.90 Å². The molecule has 3 aliphatic rings. The summed E-state index contributed by atoms with van der Waals surface area (Å²) in [7, 11) is 0. The third-order valence-electron chi connectivity index (χ3n) is 6.20.